The van der Waals surface area contributed by atoms with Crippen molar-refractivity contribution in [3.05, 3.63) is 69.8 Å². The van der Waals surface area contributed by atoms with Crippen LogP contribution in [0.1, 0.15) is 38.3 Å². The number of carbonyl (C=O) groups is 1. The average molecular weight is 449 g/mol. The number of sulfonamides is 1. The van der Waals surface area contributed by atoms with Crippen molar-refractivity contribution >= 4 is 21.7 Å². The minimum absolute atomic E-state index is 0.0291. The molecule has 168 valence electrons. The predicted octanol–water partition coefficient (Wildman–Crippen LogP) is 4.07. The summed E-state index contributed by atoms with van der Waals surface area (Å²) in [7, 11) is -4.15. The summed E-state index contributed by atoms with van der Waals surface area (Å²) in [5, 5.41) is 10.9. The van der Waals surface area contributed by atoms with Gasteiger partial charge in [-0.15, -0.1) is 0 Å². The molecule has 2 rings (SSSR count). The number of carbonyl (C=O) groups excluding carboxylic acids is 1. The van der Waals surface area contributed by atoms with Crippen molar-refractivity contribution < 1.29 is 22.9 Å². The molecule has 31 heavy (non-hydrogen) atoms. The highest BCUT2D eigenvalue weighted by Gasteiger charge is 2.37. The number of nitro benzene ring substituents is 1. The minimum atomic E-state index is -4.15. The number of hydrogen-bond acceptors (Lipinski definition) is 6. The molecule has 0 unspecified atom stereocenters. The summed E-state index contributed by atoms with van der Waals surface area (Å²) in [6.07, 6.45) is 0.275. The third-order valence-electron chi connectivity index (χ3n) is 4.68. The van der Waals surface area contributed by atoms with Gasteiger partial charge in [-0.1, -0.05) is 43.7 Å². The molecule has 9 heteroatoms. The SMILES string of the molecule is CCOC(=O)[C@H](CC(C)C)N(Cc1cccc(C)c1)S(=O)(=O)c1ccc([N+](=O)[O-])cc1. The van der Waals surface area contributed by atoms with E-state index in [9.17, 15) is 23.3 Å². The van der Waals surface area contributed by atoms with Gasteiger partial charge in [0.1, 0.15) is 6.04 Å². The number of esters is 1. The van der Waals surface area contributed by atoms with Crippen molar-refractivity contribution in [3.8, 4) is 0 Å². The van der Waals surface area contributed by atoms with Crippen LogP contribution < -0.4 is 0 Å². The predicted molar refractivity (Wildman–Crippen MR) is 117 cm³/mol. The lowest BCUT2D eigenvalue weighted by molar-refractivity contribution is -0.384. The van der Waals surface area contributed by atoms with Crippen molar-refractivity contribution in [2.45, 2.75) is 51.6 Å². The molecular formula is C22H28N2O6S. The molecule has 0 spiro atoms. The number of ether oxygens (including phenoxy) is 1. The molecule has 0 aliphatic rings. The first-order valence-electron chi connectivity index (χ1n) is 10.0. The van der Waals surface area contributed by atoms with E-state index in [1.54, 1.807) is 13.0 Å². The van der Waals surface area contributed by atoms with Gasteiger partial charge >= 0.3 is 5.97 Å². The molecule has 0 aliphatic carbocycles. The Morgan fingerprint density at radius 2 is 1.81 bits per heavy atom. The van der Waals surface area contributed by atoms with E-state index in [1.807, 2.05) is 39.0 Å². The van der Waals surface area contributed by atoms with E-state index in [-0.39, 0.29) is 36.1 Å². The van der Waals surface area contributed by atoms with E-state index in [0.29, 0.717) is 0 Å². The van der Waals surface area contributed by atoms with Gasteiger partial charge in [0.05, 0.1) is 16.4 Å². The molecule has 0 fully saturated rings. The van der Waals surface area contributed by atoms with Crippen molar-refractivity contribution in [2.75, 3.05) is 6.61 Å². The third kappa shape index (κ3) is 6.35. The molecule has 0 heterocycles. The van der Waals surface area contributed by atoms with Crippen LogP contribution in [0.5, 0.6) is 0 Å². The molecule has 0 aliphatic heterocycles. The van der Waals surface area contributed by atoms with Crippen molar-refractivity contribution in [1.29, 1.82) is 0 Å². The molecule has 0 amide bonds. The maximum atomic E-state index is 13.6. The van der Waals surface area contributed by atoms with Crippen molar-refractivity contribution in [3.63, 3.8) is 0 Å². The van der Waals surface area contributed by atoms with Gasteiger partial charge in [0, 0.05) is 18.7 Å². The van der Waals surface area contributed by atoms with Crippen LogP contribution in [0.15, 0.2) is 53.4 Å². The summed E-state index contributed by atoms with van der Waals surface area (Å²) >= 11 is 0. The van der Waals surface area contributed by atoms with Crippen LogP contribution in [0, 0.1) is 23.0 Å². The van der Waals surface area contributed by atoms with Crippen LogP contribution in [0.25, 0.3) is 0 Å². The Hall–Kier alpha value is -2.78. The molecule has 0 saturated carbocycles. The largest absolute Gasteiger partial charge is 0.465 e. The van der Waals surface area contributed by atoms with E-state index in [0.717, 1.165) is 27.6 Å². The van der Waals surface area contributed by atoms with Crippen LogP contribution in [0.2, 0.25) is 0 Å². The standard InChI is InChI=1S/C22H28N2O6S/c1-5-30-22(25)21(13-16(2)3)23(15-18-8-6-7-17(4)14-18)31(28,29)20-11-9-19(10-12-20)24(26)27/h6-12,14,16,21H,5,13,15H2,1-4H3/t21-/m0/s1. The molecule has 8 nitrogen and oxygen atoms in total. The molecule has 2 aromatic rings. The summed E-state index contributed by atoms with van der Waals surface area (Å²) < 4.78 is 33.5. The van der Waals surface area contributed by atoms with Gasteiger partial charge in [-0.25, -0.2) is 8.42 Å². The molecule has 0 aromatic heterocycles. The molecule has 0 radical (unpaired) electrons. The third-order valence-corrected chi connectivity index (χ3v) is 6.54. The normalized spacial score (nSPS) is 12.7. The summed E-state index contributed by atoms with van der Waals surface area (Å²) in [5.41, 5.74) is 1.47. The Morgan fingerprint density at radius 3 is 2.32 bits per heavy atom. The van der Waals surface area contributed by atoms with E-state index < -0.39 is 27.0 Å². The lowest BCUT2D eigenvalue weighted by Crippen LogP contribution is -2.46. The summed E-state index contributed by atoms with van der Waals surface area (Å²) in [5.74, 6) is -0.587. The molecule has 2 aromatic carbocycles. The van der Waals surface area contributed by atoms with Crippen LogP contribution in [-0.4, -0.2) is 36.3 Å². The highest BCUT2D eigenvalue weighted by atomic mass is 32.2. The highest BCUT2D eigenvalue weighted by molar-refractivity contribution is 7.89. The quantitative estimate of drug-likeness (QED) is 0.308. The summed E-state index contributed by atoms with van der Waals surface area (Å²) in [6, 6.07) is 11.0. The van der Waals surface area contributed by atoms with Crippen molar-refractivity contribution in [1.82, 2.24) is 4.31 Å². The summed E-state index contributed by atoms with van der Waals surface area (Å²) in [4.78, 5) is 23.0. The second-order valence-electron chi connectivity index (χ2n) is 7.69. The first-order valence-corrected chi connectivity index (χ1v) is 11.5. The highest BCUT2D eigenvalue weighted by Crippen LogP contribution is 2.27. The number of aryl methyl sites for hydroxylation is 1. The molecule has 0 N–H and O–H groups in total. The van der Waals surface area contributed by atoms with Crippen LogP contribution in [-0.2, 0) is 26.1 Å². The van der Waals surface area contributed by atoms with Gasteiger partial charge in [-0.05, 0) is 43.9 Å². The molecule has 0 saturated heterocycles. The van der Waals surface area contributed by atoms with Crippen molar-refractivity contribution in [2.24, 2.45) is 5.92 Å². The van der Waals surface area contributed by atoms with Gasteiger partial charge in [-0.3, -0.25) is 14.9 Å². The number of rotatable bonds is 10. The van der Waals surface area contributed by atoms with Crippen LogP contribution >= 0.6 is 0 Å². The van der Waals surface area contributed by atoms with Gasteiger partial charge in [0.25, 0.3) is 5.69 Å². The second kappa shape index (κ2) is 10.5. The van der Waals surface area contributed by atoms with E-state index >= 15 is 0 Å². The van der Waals surface area contributed by atoms with Crippen LogP contribution in [0.4, 0.5) is 5.69 Å². The lowest BCUT2D eigenvalue weighted by Gasteiger charge is -2.30. The van der Waals surface area contributed by atoms with Gasteiger partial charge in [-0.2, -0.15) is 4.31 Å². The maximum absolute atomic E-state index is 13.6. The minimum Gasteiger partial charge on any atom is -0.465 e. The first kappa shape index (κ1) is 24.5. The zero-order valence-corrected chi connectivity index (χ0v) is 19.0. The number of non-ortho nitro benzene ring substituents is 1. The molecule has 0 bridgehead atoms. The Bertz CT molecular complexity index is 1020. The lowest BCUT2D eigenvalue weighted by atomic mass is 10.0. The van der Waals surface area contributed by atoms with E-state index in [4.69, 9.17) is 4.74 Å². The Balaban J connectivity index is 2.57. The van der Waals surface area contributed by atoms with Gasteiger partial charge in [0.15, 0.2) is 0 Å². The maximum Gasteiger partial charge on any atom is 0.324 e. The van der Waals surface area contributed by atoms with Crippen LogP contribution in [0.3, 0.4) is 0 Å². The monoisotopic (exact) mass is 448 g/mol. The van der Waals surface area contributed by atoms with E-state index in [1.165, 1.54) is 12.1 Å². The first-order chi connectivity index (χ1) is 14.6. The Labute approximate surface area is 183 Å². The Kier molecular flexibility index (Phi) is 8.29. The number of hydrogen-bond donors (Lipinski definition) is 0. The fourth-order valence-corrected chi connectivity index (χ4v) is 4.82. The Morgan fingerprint density at radius 1 is 1.16 bits per heavy atom. The fourth-order valence-electron chi connectivity index (χ4n) is 3.24. The molecule has 1 atom stereocenters. The topological polar surface area (TPSA) is 107 Å². The zero-order valence-electron chi connectivity index (χ0n) is 18.1. The van der Waals surface area contributed by atoms with E-state index in [2.05, 4.69) is 0 Å². The average Bonchev–Trinajstić information content (AvgIpc) is 2.70. The number of benzene rings is 2. The zero-order chi connectivity index (χ0) is 23.2. The summed E-state index contributed by atoms with van der Waals surface area (Å²) in [6.45, 7) is 7.46. The fraction of sp³-hybridized carbons (Fsp3) is 0.409. The smallest absolute Gasteiger partial charge is 0.324 e. The van der Waals surface area contributed by atoms with Gasteiger partial charge in [0.2, 0.25) is 10.0 Å². The van der Waals surface area contributed by atoms with Gasteiger partial charge < -0.3 is 4.74 Å². The number of nitrogens with zero attached hydrogens (tertiary/aromatic N) is 2. The molecular weight excluding hydrogens is 420 g/mol. The number of nitro groups is 1. The second-order valence-corrected chi connectivity index (χ2v) is 9.58.